The van der Waals surface area contributed by atoms with Crippen LogP contribution in [-0.2, 0) is 11.3 Å². The lowest BCUT2D eigenvalue weighted by Crippen LogP contribution is -2.59. The second kappa shape index (κ2) is 7.75. The van der Waals surface area contributed by atoms with Crippen molar-refractivity contribution in [2.24, 2.45) is 0 Å². The number of aliphatic carboxylic acids is 1. The maximum Gasteiger partial charge on any atom is 0.329 e. The Morgan fingerprint density at radius 3 is 2.66 bits per heavy atom. The maximum absolute atomic E-state index is 13.0. The highest BCUT2D eigenvalue weighted by molar-refractivity contribution is 6.36. The first-order valence-electron chi connectivity index (χ1n) is 9.36. The fourth-order valence-electron chi connectivity index (χ4n) is 3.51. The van der Waals surface area contributed by atoms with Crippen molar-refractivity contribution in [3.8, 4) is 5.75 Å². The first-order chi connectivity index (χ1) is 14.0. The molecular formula is C21H20ClN3O4. The Kier molecular flexibility index (Phi) is 5.15. The third-order valence-corrected chi connectivity index (χ3v) is 5.63. The predicted octanol–water partition coefficient (Wildman–Crippen LogP) is 3.51. The number of carboxylic acids is 1. The van der Waals surface area contributed by atoms with E-state index >= 15 is 0 Å². The monoisotopic (exact) mass is 413 g/mol. The minimum atomic E-state index is -1.22. The number of carboxylic acid groups (broad SMARTS) is 1. The van der Waals surface area contributed by atoms with Gasteiger partial charge in [-0.3, -0.25) is 4.79 Å². The van der Waals surface area contributed by atoms with E-state index in [4.69, 9.17) is 16.3 Å². The summed E-state index contributed by atoms with van der Waals surface area (Å²) in [5, 5.41) is 14.1. The molecule has 150 valence electrons. The van der Waals surface area contributed by atoms with Gasteiger partial charge in [-0.1, -0.05) is 35.9 Å². The minimum absolute atomic E-state index is 0.229. The zero-order valence-corrected chi connectivity index (χ0v) is 16.4. The number of nitrogens with zero attached hydrogens (tertiary/aromatic N) is 2. The van der Waals surface area contributed by atoms with E-state index in [1.165, 1.54) is 0 Å². The fourth-order valence-corrected chi connectivity index (χ4v) is 3.78. The number of hydrogen-bond acceptors (Lipinski definition) is 4. The van der Waals surface area contributed by atoms with Gasteiger partial charge in [0.2, 0.25) is 0 Å². The van der Waals surface area contributed by atoms with Gasteiger partial charge in [-0.05, 0) is 25.3 Å². The number of fused-ring (bicyclic) bond motifs is 1. The molecule has 0 atom stereocenters. The highest BCUT2D eigenvalue weighted by atomic mass is 35.5. The molecule has 8 heteroatoms. The largest absolute Gasteiger partial charge is 0.490 e. The molecule has 29 heavy (non-hydrogen) atoms. The number of aromatic nitrogens is 2. The van der Waals surface area contributed by atoms with Gasteiger partial charge in [0.15, 0.2) is 0 Å². The van der Waals surface area contributed by atoms with E-state index in [1.807, 2.05) is 35.0 Å². The standard InChI is InChI=1S/C21H20ClN3O4/c22-17-12-16(19(26)24-21(20(27)28)6-3-7-21)18(15-5-2-1-4-14(15)17)29-11-10-25-9-8-23-13-25/h1-2,4-5,8-9,12-13H,3,6-7,10-11H2,(H,24,26)(H,27,28). The Morgan fingerprint density at radius 2 is 2.03 bits per heavy atom. The molecule has 2 N–H and O–H groups in total. The smallest absolute Gasteiger partial charge is 0.329 e. The molecule has 2 aromatic carbocycles. The first-order valence-corrected chi connectivity index (χ1v) is 9.74. The summed E-state index contributed by atoms with van der Waals surface area (Å²) < 4.78 is 7.88. The number of imidazole rings is 1. The van der Waals surface area contributed by atoms with Crippen LogP contribution in [-0.4, -0.2) is 38.7 Å². The van der Waals surface area contributed by atoms with Crippen molar-refractivity contribution in [2.75, 3.05) is 6.61 Å². The molecule has 7 nitrogen and oxygen atoms in total. The van der Waals surface area contributed by atoms with Gasteiger partial charge in [-0.25, -0.2) is 9.78 Å². The molecule has 4 rings (SSSR count). The van der Waals surface area contributed by atoms with Gasteiger partial charge >= 0.3 is 5.97 Å². The number of carbonyl (C=O) groups is 2. The zero-order valence-electron chi connectivity index (χ0n) is 15.6. The summed E-state index contributed by atoms with van der Waals surface area (Å²) >= 11 is 6.41. The van der Waals surface area contributed by atoms with Crippen molar-refractivity contribution in [1.29, 1.82) is 0 Å². The van der Waals surface area contributed by atoms with Crippen LogP contribution in [0.2, 0.25) is 5.02 Å². The molecule has 0 spiro atoms. The van der Waals surface area contributed by atoms with E-state index in [2.05, 4.69) is 10.3 Å². The summed E-state index contributed by atoms with van der Waals surface area (Å²) in [6, 6.07) is 8.93. The Balaban J connectivity index is 1.67. The van der Waals surface area contributed by atoms with Crippen LogP contribution in [0, 0.1) is 0 Å². The van der Waals surface area contributed by atoms with E-state index < -0.39 is 17.4 Å². The summed E-state index contributed by atoms with van der Waals surface area (Å²) in [6.07, 6.45) is 6.77. The Morgan fingerprint density at radius 1 is 1.28 bits per heavy atom. The lowest BCUT2D eigenvalue weighted by atomic mass is 9.76. The SMILES string of the molecule is O=C(NC1(C(=O)O)CCC1)c1cc(Cl)c2ccccc2c1OCCn1ccnc1. The van der Waals surface area contributed by atoms with Crippen molar-refractivity contribution in [1.82, 2.24) is 14.9 Å². The Labute approximate surface area is 172 Å². The average molecular weight is 414 g/mol. The molecule has 1 aliphatic rings. The van der Waals surface area contributed by atoms with Crippen LogP contribution in [0.1, 0.15) is 29.6 Å². The van der Waals surface area contributed by atoms with Crippen LogP contribution in [0.3, 0.4) is 0 Å². The van der Waals surface area contributed by atoms with Gasteiger partial charge in [0.25, 0.3) is 5.91 Å². The Bertz CT molecular complexity index is 1060. The molecule has 0 bridgehead atoms. The molecule has 0 unspecified atom stereocenters. The zero-order chi connectivity index (χ0) is 20.4. The van der Waals surface area contributed by atoms with Gasteiger partial charge in [0.1, 0.15) is 17.9 Å². The maximum atomic E-state index is 13.0. The number of benzene rings is 2. The number of halogens is 1. The molecule has 1 aliphatic carbocycles. The molecule has 1 heterocycles. The number of carbonyl (C=O) groups excluding carboxylic acids is 1. The third kappa shape index (κ3) is 3.65. The van der Waals surface area contributed by atoms with Crippen molar-refractivity contribution in [3.63, 3.8) is 0 Å². The lowest BCUT2D eigenvalue weighted by molar-refractivity contribution is -0.148. The number of rotatable bonds is 7. The topological polar surface area (TPSA) is 93.5 Å². The number of ether oxygens (including phenoxy) is 1. The van der Waals surface area contributed by atoms with Crippen molar-refractivity contribution in [3.05, 3.63) is 59.6 Å². The average Bonchev–Trinajstić information content (AvgIpc) is 3.19. The summed E-state index contributed by atoms with van der Waals surface area (Å²) in [4.78, 5) is 28.7. The van der Waals surface area contributed by atoms with E-state index in [0.717, 1.165) is 11.8 Å². The summed E-state index contributed by atoms with van der Waals surface area (Å²) in [5.41, 5.74) is -0.990. The van der Waals surface area contributed by atoms with Crippen molar-refractivity contribution >= 4 is 34.2 Å². The molecule has 0 saturated heterocycles. The molecule has 3 aromatic rings. The van der Waals surface area contributed by atoms with E-state index in [9.17, 15) is 14.7 Å². The molecule has 1 saturated carbocycles. The molecule has 1 fully saturated rings. The first kappa shape index (κ1) is 19.3. The van der Waals surface area contributed by atoms with Crippen LogP contribution in [0.5, 0.6) is 5.75 Å². The van der Waals surface area contributed by atoms with E-state index in [1.54, 1.807) is 18.6 Å². The van der Waals surface area contributed by atoms with Gasteiger partial charge in [-0.2, -0.15) is 0 Å². The molecular weight excluding hydrogens is 394 g/mol. The van der Waals surface area contributed by atoms with Crippen molar-refractivity contribution in [2.45, 2.75) is 31.3 Å². The second-order valence-electron chi connectivity index (χ2n) is 7.12. The number of amides is 1. The summed E-state index contributed by atoms with van der Waals surface area (Å²) in [5.74, 6) is -1.13. The van der Waals surface area contributed by atoms with E-state index in [0.29, 0.717) is 42.2 Å². The van der Waals surface area contributed by atoms with Crippen molar-refractivity contribution < 1.29 is 19.4 Å². The van der Waals surface area contributed by atoms with Gasteiger partial charge in [0, 0.05) is 28.2 Å². The van der Waals surface area contributed by atoms with Crippen LogP contribution in [0.4, 0.5) is 0 Å². The summed E-state index contributed by atoms with van der Waals surface area (Å²) in [7, 11) is 0. The van der Waals surface area contributed by atoms with Crippen LogP contribution in [0.25, 0.3) is 10.8 Å². The Hall–Kier alpha value is -3.06. The lowest BCUT2D eigenvalue weighted by Gasteiger charge is -2.38. The van der Waals surface area contributed by atoms with Crippen LogP contribution < -0.4 is 10.1 Å². The summed E-state index contributed by atoms with van der Waals surface area (Å²) in [6.45, 7) is 0.864. The van der Waals surface area contributed by atoms with Crippen LogP contribution >= 0.6 is 11.6 Å². The van der Waals surface area contributed by atoms with E-state index in [-0.39, 0.29) is 5.56 Å². The van der Waals surface area contributed by atoms with Gasteiger partial charge in [0.05, 0.1) is 18.4 Å². The normalized spacial score (nSPS) is 14.9. The highest BCUT2D eigenvalue weighted by Gasteiger charge is 2.46. The minimum Gasteiger partial charge on any atom is -0.490 e. The number of nitrogens with one attached hydrogen (secondary N) is 1. The molecule has 0 radical (unpaired) electrons. The molecule has 1 aromatic heterocycles. The molecule has 1 amide bonds. The fraction of sp³-hybridized carbons (Fsp3) is 0.286. The third-order valence-electron chi connectivity index (χ3n) is 5.31. The second-order valence-corrected chi connectivity index (χ2v) is 7.53. The number of hydrogen-bond donors (Lipinski definition) is 2. The quantitative estimate of drug-likeness (QED) is 0.618. The molecule has 0 aliphatic heterocycles. The van der Waals surface area contributed by atoms with Gasteiger partial charge < -0.3 is 19.7 Å². The predicted molar refractivity (Wildman–Crippen MR) is 108 cm³/mol. The van der Waals surface area contributed by atoms with Crippen LogP contribution in [0.15, 0.2) is 49.1 Å². The highest BCUT2D eigenvalue weighted by Crippen LogP contribution is 2.37. The van der Waals surface area contributed by atoms with Gasteiger partial charge in [-0.15, -0.1) is 0 Å².